The van der Waals surface area contributed by atoms with Crippen LogP contribution in [-0.2, 0) is 5.41 Å². The molecule has 2 heterocycles. The van der Waals surface area contributed by atoms with Gasteiger partial charge in [0.25, 0.3) is 5.91 Å². The summed E-state index contributed by atoms with van der Waals surface area (Å²) in [7, 11) is 0. The number of furan rings is 1. The van der Waals surface area contributed by atoms with E-state index in [1.807, 2.05) is 35.1 Å². The molecule has 1 N–H and O–H groups in total. The van der Waals surface area contributed by atoms with E-state index in [4.69, 9.17) is 4.42 Å². The minimum Gasteiger partial charge on any atom is -0.459 e. The molecule has 3 aromatic rings. The van der Waals surface area contributed by atoms with Crippen molar-refractivity contribution in [3.05, 3.63) is 60.3 Å². The van der Waals surface area contributed by atoms with Gasteiger partial charge in [0.1, 0.15) is 0 Å². The van der Waals surface area contributed by atoms with Crippen LogP contribution in [0, 0.1) is 17.8 Å². The Labute approximate surface area is 169 Å². The van der Waals surface area contributed by atoms with E-state index < -0.39 is 0 Å². The Morgan fingerprint density at radius 2 is 1.72 bits per heavy atom. The molecule has 0 atom stereocenters. The summed E-state index contributed by atoms with van der Waals surface area (Å²) in [6.45, 7) is 0. The molecular formula is C23H24N4O2. The highest BCUT2D eigenvalue weighted by molar-refractivity contribution is 6.02. The van der Waals surface area contributed by atoms with Gasteiger partial charge in [-0.15, -0.1) is 5.10 Å². The van der Waals surface area contributed by atoms with E-state index in [1.54, 1.807) is 12.1 Å². The maximum Gasteiger partial charge on any atom is 0.291 e. The number of anilines is 1. The summed E-state index contributed by atoms with van der Waals surface area (Å²) in [4.78, 5) is 12.2. The summed E-state index contributed by atoms with van der Waals surface area (Å²) < 4.78 is 7.17. The highest BCUT2D eigenvalue weighted by Gasteiger charge is 2.53. The second-order valence-electron chi connectivity index (χ2n) is 9.21. The van der Waals surface area contributed by atoms with Crippen LogP contribution in [0.25, 0.3) is 5.69 Å². The average molecular weight is 388 g/mol. The van der Waals surface area contributed by atoms with Gasteiger partial charge in [-0.3, -0.25) is 4.79 Å². The van der Waals surface area contributed by atoms with Gasteiger partial charge in [-0.05, 0) is 92.7 Å². The predicted octanol–water partition coefficient (Wildman–Crippen LogP) is 4.58. The average Bonchev–Trinajstić information content (AvgIpc) is 3.40. The van der Waals surface area contributed by atoms with Crippen LogP contribution in [0.1, 0.15) is 54.8 Å². The summed E-state index contributed by atoms with van der Waals surface area (Å²) in [5.74, 6) is 2.68. The number of hydrogen-bond donors (Lipinski definition) is 1. The molecule has 0 aliphatic heterocycles. The summed E-state index contributed by atoms with van der Waals surface area (Å²) >= 11 is 0. The van der Waals surface area contributed by atoms with Gasteiger partial charge < -0.3 is 9.73 Å². The molecule has 4 aliphatic carbocycles. The molecular weight excluding hydrogens is 364 g/mol. The smallest absolute Gasteiger partial charge is 0.291 e. The molecule has 0 saturated heterocycles. The zero-order valence-electron chi connectivity index (χ0n) is 16.3. The largest absolute Gasteiger partial charge is 0.459 e. The zero-order chi connectivity index (χ0) is 19.4. The van der Waals surface area contributed by atoms with Crippen molar-refractivity contribution in [3.63, 3.8) is 0 Å². The number of aromatic nitrogens is 3. The van der Waals surface area contributed by atoms with Gasteiger partial charge in [-0.1, -0.05) is 5.21 Å². The van der Waals surface area contributed by atoms with Crippen LogP contribution < -0.4 is 5.32 Å². The van der Waals surface area contributed by atoms with Crippen LogP contribution in [0.5, 0.6) is 0 Å². The highest BCUT2D eigenvalue weighted by atomic mass is 16.3. The number of benzene rings is 1. The fraction of sp³-hybridized carbons (Fsp3) is 0.435. The first-order valence-corrected chi connectivity index (χ1v) is 10.5. The van der Waals surface area contributed by atoms with Gasteiger partial charge in [0.05, 0.1) is 23.8 Å². The van der Waals surface area contributed by atoms with Crippen molar-refractivity contribution in [2.75, 3.05) is 5.32 Å². The summed E-state index contributed by atoms with van der Waals surface area (Å²) in [5.41, 5.74) is 3.23. The first-order chi connectivity index (χ1) is 14.2. The summed E-state index contributed by atoms with van der Waals surface area (Å²) in [6.07, 6.45) is 11.6. The first kappa shape index (κ1) is 17.0. The third kappa shape index (κ3) is 2.81. The van der Waals surface area contributed by atoms with E-state index in [0.29, 0.717) is 5.76 Å². The van der Waals surface area contributed by atoms with Gasteiger partial charge in [0.15, 0.2) is 5.76 Å². The molecule has 148 valence electrons. The third-order valence-corrected chi connectivity index (χ3v) is 7.25. The molecule has 4 saturated carbocycles. The van der Waals surface area contributed by atoms with Crippen LogP contribution in [0.4, 0.5) is 5.69 Å². The molecule has 4 aliphatic rings. The molecule has 29 heavy (non-hydrogen) atoms. The van der Waals surface area contributed by atoms with Gasteiger partial charge in [-0.25, -0.2) is 4.68 Å². The maximum absolute atomic E-state index is 12.2. The molecule has 0 unspecified atom stereocenters. The number of carbonyl (C=O) groups is 1. The molecule has 4 bridgehead atoms. The number of nitrogens with one attached hydrogen (secondary N) is 1. The second kappa shape index (κ2) is 6.31. The van der Waals surface area contributed by atoms with E-state index in [1.165, 1.54) is 50.5 Å². The van der Waals surface area contributed by atoms with Crippen molar-refractivity contribution < 1.29 is 9.21 Å². The van der Waals surface area contributed by atoms with Gasteiger partial charge in [0.2, 0.25) is 0 Å². The number of hydrogen-bond acceptors (Lipinski definition) is 4. The summed E-state index contributed by atoms with van der Waals surface area (Å²) in [5, 5.41) is 11.6. The van der Waals surface area contributed by atoms with E-state index >= 15 is 0 Å². The normalized spacial score (nSPS) is 29.9. The Morgan fingerprint density at radius 3 is 2.34 bits per heavy atom. The van der Waals surface area contributed by atoms with E-state index in [0.717, 1.165) is 29.1 Å². The first-order valence-electron chi connectivity index (χ1n) is 10.5. The molecule has 4 fully saturated rings. The Kier molecular flexibility index (Phi) is 3.70. The van der Waals surface area contributed by atoms with Crippen LogP contribution >= 0.6 is 0 Å². The monoisotopic (exact) mass is 388 g/mol. The minimum absolute atomic E-state index is 0.241. The quantitative estimate of drug-likeness (QED) is 0.710. The van der Waals surface area contributed by atoms with Crippen molar-refractivity contribution in [2.24, 2.45) is 17.8 Å². The Bertz CT molecular complexity index is 1000. The van der Waals surface area contributed by atoms with Crippen LogP contribution in [0.15, 0.2) is 53.3 Å². The van der Waals surface area contributed by atoms with Crippen molar-refractivity contribution in [3.8, 4) is 5.69 Å². The molecule has 0 spiro atoms. The molecule has 2 aromatic heterocycles. The lowest BCUT2D eigenvalue weighted by atomic mass is 9.49. The lowest BCUT2D eigenvalue weighted by Gasteiger charge is -2.56. The Balaban J connectivity index is 1.27. The van der Waals surface area contributed by atoms with E-state index in [2.05, 4.69) is 15.6 Å². The number of carbonyl (C=O) groups excluding carboxylic acids is 1. The van der Waals surface area contributed by atoms with Gasteiger partial charge >= 0.3 is 0 Å². The maximum atomic E-state index is 12.2. The van der Waals surface area contributed by atoms with Gasteiger partial charge in [0, 0.05) is 11.1 Å². The molecule has 6 nitrogen and oxygen atoms in total. The molecule has 6 heteroatoms. The summed E-state index contributed by atoms with van der Waals surface area (Å²) in [6, 6.07) is 11.2. The van der Waals surface area contributed by atoms with Crippen molar-refractivity contribution in [1.29, 1.82) is 0 Å². The topological polar surface area (TPSA) is 73.0 Å². The fourth-order valence-corrected chi connectivity index (χ4v) is 6.50. The Hall–Kier alpha value is -2.89. The fourth-order valence-electron chi connectivity index (χ4n) is 6.50. The Morgan fingerprint density at radius 1 is 1.03 bits per heavy atom. The van der Waals surface area contributed by atoms with Gasteiger partial charge in [-0.2, -0.15) is 0 Å². The standard InChI is InChI=1S/C23H24N4O2/c28-22(20-2-1-7-29-20)25-18-3-5-19(6-4-18)27-21(14-24-26-27)23-11-15-8-16(12-23)10-17(9-15)13-23/h1-7,14-17H,8-13H2,(H,25,28). The van der Waals surface area contributed by atoms with Crippen molar-refractivity contribution in [1.82, 2.24) is 15.0 Å². The molecule has 1 amide bonds. The lowest BCUT2D eigenvalue weighted by Crippen LogP contribution is -2.49. The lowest BCUT2D eigenvalue weighted by molar-refractivity contribution is -0.00828. The third-order valence-electron chi connectivity index (χ3n) is 7.25. The number of rotatable bonds is 4. The zero-order valence-corrected chi connectivity index (χ0v) is 16.3. The van der Waals surface area contributed by atoms with Crippen LogP contribution in [0.2, 0.25) is 0 Å². The number of nitrogens with zero attached hydrogens (tertiary/aromatic N) is 3. The van der Waals surface area contributed by atoms with Crippen LogP contribution in [0.3, 0.4) is 0 Å². The molecule has 0 radical (unpaired) electrons. The van der Waals surface area contributed by atoms with E-state index in [9.17, 15) is 4.79 Å². The van der Waals surface area contributed by atoms with Crippen molar-refractivity contribution in [2.45, 2.75) is 43.9 Å². The van der Waals surface area contributed by atoms with E-state index in [-0.39, 0.29) is 11.3 Å². The second-order valence-corrected chi connectivity index (χ2v) is 9.21. The SMILES string of the molecule is O=C(Nc1ccc(-n2nncc2C23CC4CC(CC(C4)C2)C3)cc1)c1ccco1. The molecule has 1 aromatic carbocycles. The number of amides is 1. The van der Waals surface area contributed by atoms with Crippen molar-refractivity contribution >= 4 is 11.6 Å². The van der Waals surface area contributed by atoms with Crippen LogP contribution in [-0.4, -0.2) is 20.9 Å². The predicted molar refractivity (Wildman–Crippen MR) is 108 cm³/mol. The molecule has 7 rings (SSSR count). The minimum atomic E-state index is -0.252. The highest BCUT2D eigenvalue weighted by Crippen LogP contribution is 2.60.